The second-order valence-corrected chi connectivity index (χ2v) is 9.77. The van der Waals surface area contributed by atoms with E-state index in [0.29, 0.717) is 12.3 Å². The zero-order chi connectivity index (χ0) is 26.3. The number of hydrogen-bond acceptors (Lipinski definition) is 3. The first-order chi connectivity index (χ1) is 17.1. The van der Waals surface area contributed by atoms with E-state index >= 15 is 0 Å². The summed E-state index contributed by atoms with van der Waals surface area (Å²) in [6.07, 6.45) is 3.19. The van der Waals surface area contributed by atoms with Gasteiger partial charge in [-0.25, -0.2) is 0 Å². The number of carbonyl (C=O) groups is 2. The second kappa shape index (κ2) is 12.3. The van der Waals surface area contributed by atoms with Crippen LogP contribution in [0.5, 0.6) is 5.75 Å². The summed E-state index contributed by atoms with van der Waals surface area (Å²) in [6.45, 7) is 3.97. The van der Waals surface area contributed by atoms with Gasteiger partial charge < -0.3 is 15.7 Å². The predicted molar refractivity (Wildman–Crippen MR) is 134 cm³/mol. The fraction of sp³-hybridized carbons (Fsp3) is 0.500. The van der Waals surface area contributed by atoms with Crippen molar-refractivity contribution in [1.82, 2.24) is 10.6 Å². The highest BCUT2D eigenvalue weighted by Gasteiger charge is 2.31. The summed E-state index contributed by atoms with van der Waals surface area (Å²) in [7, 11) is 0. The largest absolute Gasteiger partial charge is 0.507 e. The van der Waals surface area contributed by atoms with Crippen molar-refractivity contribution in [2.75, 3.05) is 0 Å². The van der Waals surface area contributed by atoms with Crippen LogP contribution in [-0.2, 0) is 11.0 Å². The van der Waals surface area contributed by atoms with Crippen LogP contribution in [-0.4, -0.2) is 29.0 Å². The maximum atomic E-state index is 13.2. The van der Waals surface area contributed by atoms with Crippen molar-refractivity contribution in [1.29, 1.82) is 0 Å². The van der Waals surface area contributed by atoms with Gasteiger partial charge in [-0.15, -0.1) is 0 Å². The highest BCUT2D eigenvalue weighted by atomic mass is 19.4. The van der Waals surface area contributed by atoms with Gasteiger partial charge in [0.25, 0.3) is 5.91 Å². The molecule has 1 saturated carbocycles. The van der Waals surface area contributed by atoms with E-state index in [4.69, 9.17) is 0 Å². The lowest BCUT2D eigenvalue weighted by Crippen LogP contribution is -2.50. The molecule has 0 aliphatic heterocycles. The Morgan fingerprint density at radius 3 is 2.44 bits per heavy atom. The molecule has 2 atom stereocenters. The summed E-state index contributed by atoms with van der Waals surface area (Å²) < 4.78 is 39.5. The average Bonchev–Trinajstić information content (AvgIpc) is 2.84. The van der Waals surface area contributed by atoms with Gasteiger partial charge in [0.05, 0.1) is 5.56 Å². The van der Waals surface area contributed by atoms with Crippen molar-refractivity contribution in [3.8, 4) is 16.9 Å². The Hall–Kier alpha value is -3.03. The molecule has 8 heteroatoms. The van der Waals surface area contributed by atoms with Gasteiger partial charge >= 0.3 is 6.18 Å². The zero-order valence-electron chi connectivity index (χ0n) is 20.8. The summed E-state index contributed by atoms with van der Waals surface area (Å²) in [6, 6.07) is 7.89. The predicted octanol–water partition coefficient (Wildman–Crippen LogP) is 6.45. The average molecular weight is 505 g/mol. The first kappa shape index (κ1) is 27.6. The summed E-state index contributed by atoms with van der Waals surface area (Å²) in [5, 5.41) is 16.2. The number of phenolic OH excluding ortho intramolecular Hbond substituents is 1. The number of alkyl halides is 3. The fourth-order valence-corrected chi connectivity index (χ4v) is 4.85. The summed E-state index contributed by atoms with van der Waals surface area (Å²) >= 11 is 0. The Morgan fingerprint density at radius 2 is 1.78 bits per heavy atom. The van der Waals surface area contributed by atoms with Gasteiger partial charge in [0.15, 0.2) is 0 Å². The molecule has 3 rings (SSSR count). The minimum atomic E-state index is -4.53. The molecule has 0 radical (unpaired) electrons. The second-order valence-electron chi connectivity index (χ2n) is 9.77. The van der Waals surface area contributed by atoms with E-state index < -0.39 is 23.7 Å². The molecule has 1 fully saturated rings. The number of amides is 2. The van der Waals surface area contributed by atoms with Crippen LogP contribution < -0.4 is 10.6 Å². The van der Waals surface area contributed by atoms with Crippen molar-refractivity contribution in [2.24, 2.45) is 5.92 Å². The third-order valence-corrected chi connectivity index (χ3v) is 6.79. The summed E-state index contributed by atoms with van der Waals surface area (Å²) in [5.74, 6) is -0.637. The molecular formula is C28H35F3N2O3. The molecule has 1 aliphatic carbocycles. The van der Waals surface area contributed by atoms with Crippen LogP contribution >= 0.6 is 0 Å². The SMILES string of the molecule is CCCC(C)NC(=O)[C@H](CC1CCCCC1)NC(=O)c1ccc(O)c(-c2cccc(C(F)(F)F)c2)c1. The topological polar surface area (TPSA) is 78.4 Å². The van der Waals surface area contributed by atoms with Crippen molar-refractivity contribution < 1.29 is 27.9 Å². The first-order valence-electron chi connectivity index (χ1n) is 12.7. The van der Waals surface area contributed by atoms with Gasteiger partial charge in [-0.05, 0) is 61.6 Å². The lowest BCUT2D eigenvalue weighted by molar-refractivity contribution is -0.137. The van der Waals surface area contributed by atoms with Crippen LogP contribution in [0.25, 0.3) is 11.1 Å². The lowest BCUT2D eigenvalue weighted by Gasteiger charge is -2.27. The number of rotatable bonds is 9. The van der Waals surface area contributed by atoms with E-state index in [1.54, 1.807) is 0 Å². The van der Waals surface area contributed by atoms with Crippen LogP contribution in [0.3, 0.4) is 0 Å². The quantitative estimate of drug-likeness (QED) is 0.367. The molecule has 2 aromatic rings. The number of nitrogens with one attached hydrogen (secondary N) is 2. The minimum absolute atomic E-state index is 0.0190. The third kappa shape index (κ3) is 7.48. The van der Waals surface area contributed by atoms with Gasteiger partial charge in [-0.3, -0.25) is 9.59 Å². The molecule has 0 spiro atoms. The van der Waals surface area contributed by atoms with Crippen molar-refractivity contribution in [2.45, 2.75) is 83.5 Å². The molecule has 2 amide bonds. The molecule has 0 aromatic heterocycles. The first-order valence-corrected chi connectivity index (χ1v) is 12.7. The number of halogens is 3. The lowest BCUT2D eigenvalue weighted by atomic mass is 9.84. The molecule has 1 aliphatic rings. The number of aromatic hydroxyl groups is 1. The Morgan fingerprint density at radius 1 is 1.06 bits per heavy atom. The molecule has 0 bridgehead atoms. The van der Waals surface area contributed by atoms with Crippen LogP contribution in [0.1, 0.15) is 81.1 Å². The van der Waals surface area contributed by atoms with Crippen LogP contribution in [0.15, 0.2) is 42.5 Å². The molecule has 196 valence electrons. The van der Waals surface area contributed by atoms with E-state index in [0.717, 1.165) is 50.7 Å². The Bertz CT molecular complexity index is 1050. The monoisotopic (exact) mass is 504 g/mol. The standard InChI is InChI=1S/C28H35F3N2O3/c1-3-8-18(2)32-27(36)24(15-19-9-5-4-6-10-19)33-26(35)21-13-14-25(34)23(17-21)20-11-7-12-22(16-20)28(29,30)31/h7,11-14,16-19,24,34H,3-6,8-10,15H2,1-2H3,(H,32,36)(H,33,35)/t18?,24-/m0/s1. The molecule has 3 N–H and O–H groups in total. The normalized spacial score (nSPS) is 16.2. The maximum Gasteiger partial charge on any atom is 0.416 e. The Balaban J connectivity index is 1.82. The molecular weight excluding hydrogens is 469 g/mol. The van der Waals surface area contributed by atoms with E-state index in [1.807, 2.05) is 13.8 Å². The van der Waals surface area contributed by atoms with E-state index in [-0.39, 0.29) is 34.4 Å². The summed E-state index contributed by atoms with van der Waals surface area (Å²) in [5.41, 5.74) is -0.441. The number of carbonyl (C=O) groups excluding carboxylic acids is 2. The van der Waals surface area contributed by atoms with E-state index in [2.05, 4.69) is 10.6 Å². The molecule has 2 aromatic carbocycles. The van der Waals surface area contributed by atoms with Crippen molar-refractivity contribution >= 4 is 11.8 Å². The van der Waals surface area contributed by atoms with E-state index in [9.17, 15) is 27.9 Å². The van der Waals surface area contributed by atoms with Gasteiger partial charge in [0, 0.05) is 17.2 Å². The molecule has 1 unspecified atom stereocenters. The molecule has 0 heterocycles. The van der Waals surface area contributed by atoms with Crippen LogP contribution in [0.4, 0.5) is 13.2 Å². The van der Waals surface area contributed by atoms with Gasteiger partial charge in [-0.2, -0.15) is 13.2 Å². The molecule has 0 saturated heterocycles. The number of hydrogen-bond donors (Lipinski definition) is 3. The maximum absolute atomic E-state index is 13.2. The molecule has 5 nitrogen and oxygen atoms in total. The molecule has 36 heavy (non-hydrogen) atoms. The zero-order valence-corrected chi connectivity index (χ0v) is 20.8. The Labute approximate surface area is 210 Å². The number of phenols is 1. The van der Waals surface area contributed by atoms with Crippen molar-refractivity contribution in [3.05, 3.63) is 53.6 Å². The Kier molecular flexibility index (Phi) is 9.40. The van der Waals surface area contributed by atoms with Gasteiger partial charge in [0.2, 0.25) is 5.91 Å². The van der Waals surface area contributed by atoms with E-state index in [1.165, 1.54) is 36.8 Å². The smallest absolute Gasteiger partial charge is 0.416 e. The van der Waals surface area contributed by atoms with Crippen molar-refractivity contribution in [3.63, 3.8) is 0 Å². The number of benzene rings is 2. The summed E-state index contributed by atoms with van der Waals surface area (Å²) in [4.78, 5) is 26.3. The van der Waals surface area contributed by atoms with Gasteiger partial charge in [0.1, 0.15) is 11.8 Å². The minimum Gasteiger partial charge on any atom is -0.507 e. The fourth-order valence-electron chi connectivity index (χ4n) is 4.85. The van der Waals surface area contributed by atoms with Gasteiger partial charge in [-0.1, -0.05) is 57.6 Å². The highest BCUT2D eigenvalue weighted by molar-refractivity contribution is 5.99. The highest BCUT2D eigenvalue weighted by Crippen LogP contribution is 2.35. The third-order valence-electron chi connectivity index (χ3n) is 6.79. The van der Waals surface area contributed by atoms with Crippen LogP contribution in [0.2, 0.25) is 0 Å². The van der Waals surface area contributed by atoms with Crippen LogP contribution in [0, 0.1) is 5.92 Å².